The fourth-order valence-electron chi connectivity index (χ4n) is 6.08. The molecule has 1 amide bonds. The molecule has 1 atom stereocenters. The monoisotopic (exact) mass is 527 g/mol. The molecular weight excluding hydrogens is 497 g/mol. The van der Waals surface area contributed by atoms with E-state index in [0.29, 0.717) is 53.4 Å². The topological polar surface area (TPSA) is 108 Å². The van der Waals surface area contributed by atoms with Crippen molar-refractivity contribution in [3.05, 3.63) is 59.4 Å². The number of likely N-dealkylation sites (N-methyl/N-ethyl adjacent to an activating group) is 1. The Morgan fingerprint density at radius 3 is 2.67 bits per heavy atom. The minimum Gasteiger partial charge on any atom is -0.384 e. The van der Waals surface area contributed by atoms with Crippen LogP contribution in [0.25, 0.3) is 21.9 Å². The van der Waals surface area contributed by atoms with Gasteiger partial charge in [-0.3, -0.25) is 14.5 Å². The molecule has 1 spiro atoms. The SMILES string of the molecule is Cc1c(-c2cc3cc(Nc4cc5n(n4)CC(=O)N(C)CC54CC4)ncc3cc2F)cnc2c1NCC[C@]2(C)O. The standard InChI is InChI=1S/C29H30FN7O2/c1-16-20(13-33-27-26(16)31-7-6-28(27,2)39)19-8-17-10-23(32-12-18(17)9-21(19)30)34-24-11-22-29(4-5-29)15-36(3)25(38)14-37(22)35-24/h8-13,31,39H,4-7,14-15H2,1-3H3,(H,32,34,35)/t28-/m0/s1. The molecule has 3 N–H and O–H groups in total. The fraction of sp³-hybridized carbons (Fsp3) is 0.379. The Morgan fingerprint density at radius 1 is 1.05 bits per heavy atom. The zero-order chi connectivity index (χ0) is 27.1. The van der Waals surface area contributed by atoms with Crippen molar-refractivity contribution in [2.45, 2.75) is 50.7 Å². The van der Waals surface area contributed by atoms with E-state index in [1.807, 2.05) is 36.9 Å². The maximum Gasteiger partial charge on any atom is 0.244 e. The molecule has 5 heterocycles. The molecule has 2 aliphatic heterocycles. The zero-order valence-electron chi connectivity index (χ0n) is 22.2. The number of halogens is 1. The van der Waals surface area contributed by atoms with E-state index in [4.69, 9.17) is 0 Å². The van der Waals surface area contributed by atoms with Gasteiger partial charge in [-0.1, -0.05) is 0 Å². The quantitative estimate of drug-likeness (QED) is 0.366. The first-order valence-corrected chi connectivity index (χ1v) is 13.3. The van der Waals surface area contributed by atoms with Crippen LogP contribution in [0.1, 0.15) is 43.1 Å². The second-order valence-electron chi connectivity index (χ2n) is 11.4. The third-order valence-corrected chi connectivity index (χ3v) is 8.54. The zero-order valence-corrected chi connectivity index (χ0v) is 22.2. The second-order valence-corrected chi connectivity index (χ2v) is 11.4. The van der Waals surface area contributed by atoms with E-state index in [2.05, 4.69) is 25.7 Å². The van der Waals surface area contributed by atoms with Crippen molar-refractivity contribution in [3.63, 3.8) is 0 Å². The number of nitrogens with zero attached hydrogens (tertiary/aromatic N) is 5. The first-order chi connectivity index (χ1) is 18.6. The fourth-order valence-corrected chi connectivity index (χ4v) is 6.08. The van der Waals surface area contributed by atoms with E-state index < -0.39 is 5.60 Å². The molecule has 1 fully saturated rings. The van der Waals surface area contributed by atoms with Crippen LogP contribution in [0.3, 0.4) is 0 Å². The summed E-state index contributed by atoms with van der Waals surface area (Å²) in [5, 5.41) is 23.6. The number of aliphatic hydroxyl groups is 1. The molecule has 0 bridgehead atoms. The van der Waals surface area contributed by atoms with Crippen LogP contribution in [-0.2, 0) is 22.4 Å². The van der Waals surface area contributed by atoms with Gasteiger partial charge in [0.1, 0.15) is 23.8 Å². The number of pyridine rings is 2. The Labute approximate surface area is 225 Å². The van der Waals surface area contributed by atoms with Crippen LogP contribution in [0.5, 0.6) is 0 Å². The van der Waals surface area contributed by atoms with Gasteiger partial charge in [0.05, 0.1) is 11.4 Å². The summed E-state index contributed by atoms with van der Waals surface area (Å²) in [7, 11) is 1.85. The number of amides is 1. The number of hydrogen-bond donors (Lipinski definition) is 3. The van der Waals surface area contributed by atoms with Crippen molar-refractivity contribution in [2.75, 3.05) is 30.8 Å². The van der Waals surface area contributed by atoms with Gasteiger partial charge in [0.15, 0.2) is 5.82 Å². The molecule has 7 rings (SSSR count). The summed E-state index contributed by atoms with van der Waals surface area (Å²) in [6.07, 6.45) is 5.94. The highest BCUT2D eigenvalue weighted by atomic mass is 19.1. The molecule has 10 heteroatoms. The van der Waals surface area contributed by atoms with E-state index in [0.717, 1.165) is 35.2 Å². The molecule has 3 aliphatic rings. The van der Waals surface area contributed by atoms with Gasteiger partial charge < -0.3 is 20.6 Å². The molecule has 39 heavy (non-hydrogen) atoms. The summed E-state index contributed by atoms with van der Waals surface area (Å²) < 4.78 is 17.1. The van der Waals surface area contributed by atoms with Gasteiger partial charge in [0.25, 0.3) is 0 Å². The lowest BCUT2D eigenvalue weighted by atomic mass is 9.88. The Balaban J connectivity index is 1.23. The highest BCUT2D eigenvalue weighted by Gasteiger charge is 2.50. The molecule has 1 aliphatic carbocycles. The molecule has 9 nitrogen and oxygen atoms in total. The van der Waals surface area contributed by atoms with Crippen LogP contribution in [0.4, 0.5) is 21.7 Å². The van der Waals surface area contributed by atoms with Gasteiger partial charge in [-0.15, -0.1) is 0 Å². The number of rotatable bonds is 3. The summed E-state index contributed by atoms with van der Waals surface area (Å²) in [4.78, 5) is 23.3. The molecule has 200 valence electrons. The van der Waals surface area contributed by atoms with E-state index in [-0.39, 0.29) is 23.7 Å². The lowest BCUT2D eigenvalue weighted by Gasteiger charge is -2.32. The second kappa shape index (κ2) is 8.22. The Kier molecular flexibility index (Phi) is 5.07. The summed E-state index contributed by atoms with van der Waals surface area (Å²) in [5.41, 5.74) is 3.35. The minimum atomic E-state index is -1.02. The maximum atomic E-state index is 15.3. The third-order valence-electron chi connectivity index (χ3n) is 8.54. The molecule has 3 aromatic heterocycles. The van der Waals surface area contributed by atoms with Gasteiger partial charge in [-0.05, 0) is 62.3 Å². The molecule has 0 unspecified atom stereocenters. The highest BCUT2D eigenvalue weighted by molar-refractivity contribution is 5.90. The maximum absolute atomic E-state index is 15.3. The summed E-state index contributed by atoms with van der Waals surface area (Å²) in [6, 6.07) is 7.19. The minimum absolute atomic E-state index is 0.0137. The van der Waals surface area contributed by atoms with Gasteiger partial charge in [-0.25, -0.2) is 9.37 Å². The Bertz CT molecular complexity index is 1670. The molecule has 1 aromatic carbocycles. The van der Waals surface area contributed by atoms with Gasteiger partial charge in [-0.2, -0.15) is 5.10 Å². The Morgan fingerprint density at radius 2 is 1.87 bits per heavy atom. The van der Waals surface area contributed by atoms with Crippen LogP contribution >= 0.6 is 0 Å². The third kappa shape index (κ3) is 3.84. The predicted molar refractivity (Wildman–Crippen MR) is 146 cm³/mol. The number of benzene rings is 1. The normalized spacial score (nSPS) is 21.4. The first kappa shape index (κ1) is 24.0. The van der Waals surface area contributed by atoms with E-state index >= 15 is 4.39 Å². The van der Waals surface area contributed by atoms with Crippen LogP contribution in [-0.4, -0.2) is 55.8 Å². The van der Waals surface area contributed by atoms with E-state index in [1.54, 1.807) is 24.2 Å². The van der Waals surface area contributed by atoms with Crippen LogP contribution in [0.2, 0.25) is 0 Å². The first-order valence-electron chi connectivity index (χ1n) is 13.3. The van der Waals surface area contributed by atoms with Crippen molar-refractivity contribution < 1.29 is 14.3 Å². The van der Waals surface area contributed by atoms with Crippen molar-refractivity contribution in [3.8, 4) is 11.1 Å². The van der Waals surface area contributed by atoms with Crippen LogP contribution in [0.15, 0.2) is 36.7 Å². The largest absolute Gasteiger partial charge is 0.384 e. The van der Waals surface area contributed by atoms with Gasteiger partial charge in [0.2, 0.25) is 5.91 Å². The van der Waals surface area contributed by atoms with Crippen molar-refractivity contribution >= 4 is 34.0 Å². The van der Waals surface area contributed by atoms with Gasteiger partial charge >= 0.3 is 0 Å². The average molecular weight is 528 g/mol. The summed E-state index contributed by atoms with van der Waals surface area (Å²) in [6.45, 7) is 5.24. The average Bonchev–Trinajstić information content (AvgIpc) is 3.57. The number of carbonyl (C=O) groups is 1. The smallest absolute Gasteiger partial charge is 0.244 e. The highest BCUT2D eigenvalue weighted by Crippen LogP contribution is 2.50. The summed E-state index contributed by atoms with van der Waals surface area (Å²) in [5.74, 6) is 0.911. The van der Waals surface area contributed by atoms with Crippen LogP contribution in [0, 0.1) is 12.7 Å². The number of carbonyl (C=O) groups excluding carboxylic acids is 1. The van der Waals surface area contributed by atoms with E-state index in [1.165, 1.54) is 6.07 Å². The number of anilines is 3. The summed E-state index contributed by atoms with van der Waals surface area (Å²) >= 11 is 0. The molecule has 1 saturated carbocycles. The Hall–Kier alpha value is -4.05. The molecule has 0 saturated heterocycles. The number of hydrogen-bond acceptors (Lipinski definition) is 7. The van der Waals surface area contributed by atoms with Crippen LogP contribution < -0.4 is 10.6 Å². The van der Waals surface area contributed by atoms with E-state index in [9.17, 15) is 9.90 Å². The lowest BCUT2D eigenvalue weighted by Crippen LogP contribution is -2.32. The van der Waals surface area contributed by atoms with Crippen molar-refractivity contribution in [1.82, 2.24) is 24.6 Å². The molecule has 4 aromatic rings. The lowest BCUT2D eigenvalue weighted by molar-refractivity contribution is -0.130. The predicted octanol–water partition coefficient (Wildman–Crippen LogP) is 4.21. The number of nitrogens with one attached hydrogen (secondary N) is 2. The number of aromatic nitrogens is 4. The molecular formula is C29H30FN7O2. The molecule has 0 radical (unpaired) electrons. The van der Waals surface area contributed by atoms with Crippen molar-refractivity contribution in [2.24, 2.45) is 0 Å². The number of fused-ring (bicyclic) bond motifs is 4. The van der Waals surface area contributed by atoms with Crippen molar-refractivity contribution in [1.29, 1.82) is 0 Å². The van der Waals surface area contributed by atoms with Gasteiger partial charge in [0, 0.05) is 66.2 Å².